The molecular weight excluding hydrogens is 180 g/mol. The molecule has 0 aliphatic heterocycles. The lowest BCUT2D eigenvalue weighted by Gasteiger charge is -2.17. The predicted octanol–water partition coefficient (Wildman–Crippen LogP) is 1.15. The van der Waals surface area contributed by atoms with Crippen LogP contribution in [0.25, 0.3) is 0 Å². The molecule has 3 heteroatoms. The summed E-state index contributed by atoms with van der Waals surface area (Å²) in [5, 5.41) is 18.5. The SMILES string of the molecule is COc1ccc(C(CO)C(C)O)cc1. The van der Waals surface area contributed by atoms with Gasteiger partial charge in [0.1, 0.15) is 5.75 Å². The van der Waals surface area contributed by atoms with Gasteiger partial charge >= 0.3 is 0 Å². The first-order valence-corrected chi connectivity index (χ1v) is 4.62. The smallest absolute Gasteiger partial charge is 0.118 e. The van der Waals surface area contributed by atoms with E-state index in [0.29, 0.717) is 0 Å². The van der Waals surface area contributed by atoms with Crippen LogP contribution in [0.1, 0.15) is 18.4 Å². The first kappa shape index (κ1) is 11.0. The molecule has 0 saturated carbocycles. The molecule has 0 saturated heterocycles. The summed E-state index contributed by atoms with van der Waals surface area (Å²) in [6, 6.07) is 7.35. The highest BCUT2D eigenvalue weighted by Gasteiger charge is 2.15. The van der Waals surface area contributed by atoms with Crippen molar-refractivity contribution in [2.45, 2.75) is 18.9 Å². The Hall–Kier alpha value is -1.06. The third-order valence-electron chi connectivity index (χ3n) is 2.32. The lowest BCUT2D eigenvalue weighted by molar-refractivity contribution is 0.121. The van der Waals surface area contributed by atoms with Crippen molar-refractivity contribution in [1.82, 2.24) is 0 Å². The lowest BCUT2D eigenvalue weighted by atomic mass is 9.95. The van der Waals surface area contributed by atoms with Crippen LogP contribution < -0.4 is 4.74 Å². The minimum atomic E-state index is -0.548. The molecule has 0 aliphatic carbocycles. The molecule has 0 bridgehead atoms. The van der Waals surface area contributed by atoms with Gasteiger partial charge in [-0.1, -0.05) is 12.1 Å². The molecule has 3 nitrogen and oxygen atoms in total. The average molecular weight is 196 g/mol. The number of rotatable bonds is 4. The number of hydrogen-bond donors (Lipinski definition) is 2. The Bertz CT molecular complexity index is 266. The number of hydrogen-bond acceptors (Lipinski definition) is 3. The van der Waals surface area contributed by atoms with Gasteiger partial charge in [-0.15, -0.1) is 0 Å². The quantitative estimate of drug-likeness (QED) is 0.759. The second-order valence-electron chi connectivity index (χ2n) is 3.30. The van der Waals surface area contributed by atoms with Crippen LogP contribution in [0, 0.1) is 0 Å². The Morgan fingerprint density at radius 3 is 2.21 bits per heavy atom. The number of benzene rings is 1. The molecule has 2 N–H and O–H groups in total. The molecule has 0 aromatic heterocycles. The van der Waals surface area contributed by atoms with Gasteiger partial charge in [0.05, 0.1) is 19.8 Å². The van der Waals surface area contributed by atoms with Gasteiger partial charge in [0, 0.05) is 5.92 Å². The number of aliphatic hydroxyl groups excluding tert-OH is 2. The van der Waals surface area contributed by atoms with Crippen molar-refractivity contribution in [3.8, 4) is 5.75 Å². The van der Waals surface area contributed by atoms with Crippen LogP contribution in [0.4, 0.5) is 0 Å². The van der Waals surface area contributed by atoms with Gasteiger partial charge in [0.15, 0.2) is 0 Å². The summed E-state index contributed by atoms with van der Waals surface area (Å²) < 4.78 is 5.02. The highest BCUT2D eigenvalue weighted by atomic mass is 16.5. The maximum absolute atomic E-state index is 9.40. The van der Waals surface area contributed by atoms with E-state index in [9.17, 15) is 5.11 Å². The van der Waals surface area contributed by atoms with Crippen molar-refractivity contribution in [3.63, 3.8) is 0 Å². The maximum Gasteiger partial charge on any atom is 0.118 e. The zero-order chi connectivity index (χ0) is 10.6. The minimum Gasteiger partial charge on any atom is -0.497 e. The van der Waals surface area contributed by atoms with Gasteiger partial charge in [0.2, 0.25) is 0 Å². The van der Waals surface area contributed by atoms with E-state index in [1.165, 1.54) is 0 Å². The van der Waals surface area contributed by atoms with Crippen LogP contribution in [0.15, 0.2) is 24.3 Å². The first-order chi connectivity index (χ1) is 6.69. The van der Waals surface area contributed by atoms with Gasteiger partial charge in [-0.05, 0) is 24.6 Å². The summed E-state index contributed by atoms with van der Waals surface area (Å²) in [5.74, 6) is 0.553. The van der Waals surface area contributed by atoms with Gasteiger partial charge in [-0.3, -0.25) is 0 Å². The van der Waals surface area contributed by atoms with Crippen molar-refractivity contribution in [2.75, 3.05) is 13.7 Å². The number of methoxy groups -OCH3 is 1. The van der Waals surface area contributed by atoms with Crippen LogP contribution >= 0.6 is 0 Å². The molecule has 78 valence electrons. The molecule has 1 rings (SSSR count). The highest BCUT2D eigenvalue weighted by Crippen LogP contribution is 2.21. The normalized spacial score (nSPS) is 14.9. The Kier molecular flexibility index (Phi) is 3.92. The van der Waals surface area contributed by atoms with E-state index in [4.69, 9.17) is 9.84 Å². The highest BCUT2D eigenvalue weighted by molar-refractivity contribution is 5.29. The van der Waals surface area contributed by atoms with E-state index in [2.05, 4.69) is 0 Å². The zero-order valence-corrected chi connectivity index (χ0v) is 8.47. The molecule has 14 heavy (non-hydrogen) atoms. The second kappa shape index (κ2) is 4.98. The van der Waals surface area contributed by atoms with E-state index in [0.717, 1.165) is 11.3 Å². The summed E-state index contributed by atoms with van der Waals surface area (Å²) in [6.07, 6.45) is -0.548. The number of aliphatic hydroxyl groups is 2. The molecule has 0 fully saturated rings. The fourth-order valence-corrected chi connectivity index (χ4v) is 1.39. The largest absolute Gasteiger partial charge is 0.497 e. The summed E-state index contributed by atoms with van der Waals surface area (Å²) in [7, 11) is 1.60. The molecule has 0 spiro atoms. The van der Waals surface area contributed by atoms with Gasteiger partial charge < -0.3 is 14.9 Å². The predicted molar refractivity (Wildman–Crippen MR) is 54.5 cm³/mol. The minimum absolute atomic E-state index is 0.0516. The molecule has 0 aliphatic rings. The molecule has 1 aromatic rings. The average Bonchev–Trinajstić information content (AvgIpc) is 2.19. The van der Waals surface area contributed by atoms with E-state index >= 15 is 0 Å². The van der Waals surface area contributed by atoms with Gasteiger partial charge in [-0.25, -0.2) is 0 Å². The standard InChI is InChI=1S/C11H16O3/c1-8(13)11(7-12)9-3-5-10(14-2)6-4-9/h3-6,8,11-13H,7H2,1-2H3. The number of ether oxygens (including phenoxy) is 1. The lowest BCUT2D eigenvalue weighted by Crippen LogP contribution is -2.18. The van der Waals surface area contributed by atoms with Crippen molar-refractivity contribution in [3.05, 3.63) is 29.8 Å². The Labute approximate surface area is 84.0 Å². The Balaban J connectivity index is 2.84. The summed E-state index contributed by atoms with van der Waals surface area (Å²) in [5.41, 5.74) is 0.920. The van der Waals surface area contributed by atoms with Crippen LogP contribution in [-0.4, -0.2) is 30.0 Å². The summed E-state index contributed by atoms with van der Waals surface area (Å²) in [4.78, 5) is 0. The molecular formula is C11H16O3. The summed E-state index contributed by atoms with van der Waals surface area (Å²) >= 11 is 0. The molecule has 0 radical (unpaired) electrons. The molecule has 2 atom stereocenters. The van der Waals surface area contributed by atoms with E-state index in [1.807, 2.05) is 24.3 Å². The van der Waals surface area contributed by atoms with Crippen LogP contribution in [0.5, 0.6) is 5.75 Å². The van der Waals surface area contributed by atoms with E-state index in [1.54, 1.807) is 14.0 Å². The third-order valence-corrected chi connectivity index (χ3v) is 2.32. The fourth-order valence-electron chi connectivity index (χ4n) is 1.39. The van der Waals surface area contributed by atoms with Crippen molar-refractivity contribution >= 4 is 0 Å². The Morgan fingerprint density at radius 2 is 1.86 bits per heavy atom. The third kappa shape index (κ3) is 2.47. The van der Waals surface area contributed by atoms with E-state index in [-0.39, 0.29) is 12.5 Å². The molecule has 2 unspecified atom stereocenters. The molecule has 1 aromatic carbocycles. The van der Waals surface area contributed by atoms with Gasteiger partial charge in [0.25, 0.3) is 0 Å². The Morgan fingerprint density at radius 1 is 1.29 bits per heavy atom. The van der Waals surface area contributed by atoms with Crippen molar-refractivity contribution in [2.24, 2.45) is 0 Å². The van der Waals surface area contributed by atoms with Crippen LogP contribution in [0.3, 0.4) is 0 Å². The van der Waals surface area contributed by atoms with Crippen LogP contribution in [0.2, 0.25) is 0 Å². The van der Waals surface area contributed by atoms with Gasteiger partial charge in [-0.2, -0.15) is 0 Å². The van der Waals surface area contributed by atoms with Crippen molar-refractivity contribution < 1.29 is 14.9 Å². The topological polar surface area (TPSA) is 49.7 Å². The molecule has 0 heterocycles. The summed E-state index contributed by atoms with van der Waals surface area (Å²) in [6.45, 7) is 1.62. The fraction of sp³-hybridized carbons (Fsp3) is 0.455. The van der Waals surface area contributed by atoms with Crippen molar-refractivity contribution in [1.29, 1.82) is 0 Å². The zero-order valence-electron chi connectivity index (χ0n) is 8.47. The van der Waals surface area contributed by atoms with Crippen LogP contribution in [-0.2, 0) is 0 Å². The maximum atomic E-state index is 9.40. The first-order valence-electron chi connectivity index (χ1n) is 4.62. The second-order valence-corrected chi connectivity index (χ2v) is 3.30. The van der Waals surface area contributed by atoms with E-state index < -0.39 is 6.10 Å². The molecule has 0 amide bonds. The monoisotopic (exact) mass is 196 g/mol.